The van der Waals surface area contributed by atoms with E-state index in [9.17, 15) is 4.79 Å². The molecule has 1 aliphatic rings. The Morgan fingerprint density at radius 1 is 1.14 bits per heavy atom. The zero-order valence-electron chi connectivity index (χ0n) is 12.2. The van der Waals surface area contributed by atoms with Crippen LogP contribution in [-0.4, -0.2) is 33.7 Å². The van der Waals surface area contributed by atoms with Gasteiger partial charge in [0.2, 0.25) is 5.91 Å². The molecule has 0 bridgehead atoms. The average molecular weight is 283 g/mol. The van der Waals surface area contributed by atoms with Gasteiger partial charge in [0.1, 0.15) is 0 Å². The second kappa shape index (κ2) is 6.57. The molecule has 1 aromatic heterocycles. The van der Waals surface area contributed by atoms with Crippen LogP contribution < -0.4 is 0 Å². The Balaban J connectivity index is 1.47. The normalized spacial score (nSPS) is 16.1. The summed E-state index contributed by atoms with van der Waals surface area (Å²) in [7, 11) is 0. The second-order valence-corrected chi connectivity index (χ2v) is 5.58. The van der Waals surface area contributed by atoms with Crippen molar-refractivity contribution in [3.05, 3.63) is 54.4 Å². The highest BCUT2D eigenvalue weighted by Gasteiger charge is 2.23. The lowest BCUT2D eigenvalue weighted by Gasteiger charge is -2.32. The summed E-state index contributed by atoms with van der Waals surface area (Å²) in [5.74, 6) is 0.276. The highest BCUT2D eigenvalue weighted by atomic mass is 16.2. The third-order valence-corrected chi connectivity index (χ3v) is 4.19. The van der Waals surface area contributed by atoms with Gasteiger partial charge < -0.3 is 4.90 Å². The molecule has 0 atom stereocenters. The smallest absolute Gasteiger partial charge is 0.222 e. The van der Waals surface area contributed by atoms with Crippen molar-refractivity contribution < 1.29 is 4.79 Å². The van der Waals surface area contributed by atoms with Crippen LogP contribution in [0.4, 0.5) is 0 Å². The Hall–Kier alpha value is -2.10. The van der Waals surface area contributed by atoms with Gasteiger partial charge in [0, 0.05) is 31.9 Å². The molecule has 0 spiro atoms. The van der Waals surface area contributed by atoms with Crippen LogP contribution >= 0.6 is 0 Å². The lowest BCUT2D eigenvalue weighted by molar-refractivity contribution is -0.132. The van der Waals surface area contributed by atoms with Gasteiger partial charge >= 0.3 is 0 Å². The average Bonchev–Trinajstić information content (AvgIpc) is 3.08. The van der Waals surface area contributed by atoms with Gasteiger partial charge in [-0.1, -0.05) is 30.3 Å². The van der Waals surface area contributed by atoms with Gasteiger partial charge in [0.15, 0.2) is 0 Å². The van der Waals surface area contributed by atoms with E-state index in [1.54, 1.807) is 0 Å². The summed E-state index contributed by atoms with van der Waals surface area (Å²) in [4.78, 5) is 14.3. The molecule has 1 aliphatic heterocycles. The highest BCUT2D eigenvalue weighted by molar-refractivity contribution is 5.76. The third kappa shape index (κ3) is 3.51. The Labute approximate surface area is 125 Å². The minimum Gasteiger partial charge on any atom is -0.343 e. The van der Waals surface area contributed by atoms with Gasteiger partial charge in [-0.2, -0.15) is 5.10 Å². The van der Waals surface area contributed by atoms with E-state index >= 15 is 0 Å². The van der Waals surface area contributed by atoms with E-state index in [0.717, 1.165) is 32.4 Å². The molecule has 1 fully saturated rings. The minimum atomic E-state index is 0.276. The van der Waals surface area contributed by atoms with E-state index < -0.39 is 0 Å². The van der Waals surface area contributed by atoms with E-state index in [-0.39, 0.29) is 5.91 Å². The number of benzene rings is 1. The lowest BCUT2D eigenvalue weighted by atomic mass is 10.0. The summed E-state index contributed by atoms with van der Waals surface area (Å²) in [6.07, 6.45) is 7.27. The predicted molar refractivity (Wildman–Crippen MR) is 81.8 cm³/mol. The third-order valence-electron chi connectivity index (χ3n) is 4.19. The summed E-state index contributed by atoms with van der Waals surface area (Å²) in [5.41, 5.74) is 1.23. The molecule has 2 aromatic rings. The number of hydrogen-bond acceptors (Lipinski definition) is 2. The number of carbonyl (C=O) groups is 1. The fourth-order valence-electron chi connectivity index (χ4n) is 2.93. The Kier molecular flexibility index (Phi) is 4.34. The van der Waals surface area contributed by atoms with Crippen LogP contribution in [-0.2, 0) is 11.2 Å². The summed E-state index contributed by atoms with van der Waals surface area (Å²) in [6, 6.07) is 12.6. The topological polar surface area (TPSA) is 38.1 Å². The fourth-order valence-corrected chi connectivity index (χ4v) is 2.93. The summed E-state index contributed by atoms with van der Waals surface area (Å²) >= 11 is 0. The van der Waals surface area contributed by atoms with Crippen molar-refractivity contribution in [1.82, 2.24) is 14.7 Å². The van der Waals surface area contributed by atoms with Crippen molar-refractivity contribution in [3.8, 4) is 0 Å². The summed E-state index contributed by atoms with van der Waals surface area (Å²) < 4.78 is 2.02. The van der Waals surface area contributed by atoms with Gasteiger partial charge in [-0.05, 0) is 30.9 Å². The quantitative estimate of drug-likeness (QED) is 0.865. The van der Waals surface area contributed by atoms with Crippen molar-refractivity contribution in [2.24, 2.45) is 0 Å². The maximum absolute atomic E-state index is 12.3. The van der Waals surface area contributed by atoms with Gasteiger partial charge in [-0.15, -0.1) is 0 Å². The first-order valence-corrected chi connectivity index (χ1v) is 7.64. The lowest BCUT2D eigenvalue weighted by Crippen LogP contribution is -2.39. The molecule has 0 radical (unpaired) electrons. The van der Waals surface area contributed by atoms with E-state index in [1.165, 1.54) is 5.56 Å². The second-order valence-electron chi connectivity index (χ2n) is 5.58. The van der Waals surface area contributed by atoms with Crippen molar-refractivity contribution in [3.63, 3.8) is 0 Å². The Morgan fingerprint density at radius 3 is 2.57 bits per heavy atom. The number of carbonyl (C=O) groups excluding carboxylic acids is 1. The zero-order valence-corrected chi connectivity index (χ0v) is 12.2. The van der Waals surface area contributed by atoms with Crippen LogP contribution in [0, 0.1) is 0 Å². The monoisotopic (exact) mass is 283 g/mol. The largest absolute Gasteiger partial charge is 0.343 e. The number of likely N-dealkylation sites (tertiary alicyclic amines) is 1. The molecule has 0 aliphatic carbocycles. The van der Waals surface area contributed by atoms with Crippen LogP contribution in [0.2, 0.25) is 0 Å². The number of nitrogens with zero attached hydrogens (tertiary/aromatic N) is 3. The van der Waals surface area contributed by atoms with Crippen molar-refractivity contribution in [2.75, 3.05) is 13.1 Å². The number of hydrogen-bond donors (Lipinski definition) is 0. The summed E-state index contributed by atoms with van der Waals surface area (Å²) in [5, 5.41) is 4.30. The van der Waals surface area contributed by atoms with E-state index in [4.69, 9.17) is 0 Å². The molecule has 1 aromatic carbocycles. The minimum absolute atomic E-state index is 0.276. The van der Waals surface area contributed by atoms with Crippen molar-refractivity contribution in [1.29, 1.82) is 0 Å². The van der Waals surface area contributed by atoms with Gasteiger partial charge in [0.05, 0.1) is 6.04 Å². The molecule has 21 heavy (non-hydrogen) atoms. The first-order valence-electron chi connectivity index (χ1n) is 7.64. The SMILES string of the molecule is O=C(CCc1ccccc1)N1CCC(n2cccn2)CC1. The molecule has 4 nitrogen and oxygen atoms in total. The molecular formula is C17H21N3O. The van der Waals surface area contributed by atoms with Crippen LogP contribution in [0.3, 0.4) is 0 Å². The Morgan fingerprint density at radius 2 is 1.90 bits per heavy atom. The van der Waals surface area contributed by atoms with Crippen LogP contribution in [0.1, 0.15) is 30.9 Å². The molecule has 3 rings (SSSR count). The van der Waals surface area contributed by atoms with Crippen LogP contribution in [0.15, 0.2) is 48.8 Å². The molecular weight excluding hydrogens is 262 g/mol. The first-order chi connectivity index (χ1) is 10.3. The number of aryl methyl sites for hydroxylation is 1. The molecule has 1 amide bonds. The standard InChI is InChI=1S/C17H21N3O/c21-17(8-7-15-5-2-1-3-6-15)19-13-9-16(10-14-19)20-12-4-11-18-20/h1-6,11-12,16H,7-10,13-14H2. The zero-order chi connectivity index (χ0) is 14.5. The molecule has 4 heteroatoms. The molecule has 0 N–H and O–H groups in total. The number of amides is 1. The molecule has 0 unspecified atom stereocenters. The fraction of sp³-hybridized carbons (Fsp3) is 0.412. The van der Waals surface area contributed by atoms with Crippen molar-refractivity contribution in [2.45, 2.75) is 31.7 Å². The molecule has 2 heterocycles. The maximum Gasteiger partial charge on any atom is 0.222 e. The molecule has 0 saturated carbocycles. The molecule has 110 valence electrons. The van der Waals surface area contributed by atoms with Crippen molar-refractivity contribution >= 4 is 5.91 Å². The molecule has 1 saturated heterocycles. The predicted octanol–water partition coefficient (Wildman–Crippen LogP) is 2.68. The Bertz CT molecular complexity index is 557. The van der Waals surface area contributed by atoms with Crippen LogP contribution in [0.25, 0.3) is 0 Å². The number of piperidine rings is 1. The van der Waals surface area contributed by atoms with Gasteiger partial charge in [-0.3, -0.25) is 9.48 Å². The van der Waals surface area contributed by atoms with Gasteiger partial charge in [-0.25, -0.2) is 0 Å². The van der Waals surface area contributed by atoms with Gasteiger partial charge in [0.25, 0.3) is 0 Å². The number of aromatic nitrogens is 2. The van der Waals surface area contributed by atoms with E-state index in [1.807, 2.05) is 46.2 Å². The van der Waals surface area contributed by atoms with E-state index in [0.29, 0.717) is 12.5 Å². The highest BCUT2D eigenvalue weighted by Crippen LogP contribution is 2.22. The first kappa shape index (κ1) is 13.9. The maximum atomic E-state index is 12.3. The van der Waals surface area contributed by atoms with E-state index in [2.05, 4.69) is 17.2 Å². The summed E-state index contributed by atoms with van der Waals surface area (Å²) in [6.45, 7) is 1.69. The number of rotatable bonds is 4. The van der Waals surface area contributed by atoms with Crippen LogP contribution in [0.5, 0.6) is 0 Å².